The lowest BCUT2D eigenvalue weighted by Crippen LogP contribution is -2.71. The molecule has 13 nitrogen and oxygen atoms in total. The van der Waals surface area contributed by atoms with Gasteiger partial charge in [0.2, 0.25) is 0 Å². The van der Waals surface area contributed by atoms with E-state index in [1.165, 1.54) is 35.4 Å². The third-order valence-corrected chi connectivity index (χ3v) is 6.63. The first-order valence-electron chi connectivity index (χ1n) is 9.04. The second-order valence-corrected chi connectivity index (χ2v) is 8.61. The number of nitrogens with one attached hydrogen (secondary N) is 1. The van der Waals surface area contributed by atoms with Crippen molar-refractivity contribution in [1.29, 1.82) is 5.26 Å². The number of carboxylic acid groups (broad SMARTS) is 1. The molecule has 0 unspecified atom stereocenters. The van der Waals surface area contributed by atoms with E-state index in [0.29, 0.717) is 5.57 Å². The summed E-state index contributed by atoms with van der Waals surface area (Å²) in [4.78, 5) is 42.1. The molecular formula is C18H13N7O6S2. The molecule has 2 aliphatic rings. The SMILES string of the molecule is N#Cc1cc(/C=C\C2=C(C(=O)O)N3C(=O)[C@@H](NC(=O)/C(=N\O)c4csc(N)n4)[C@H]3SC2)on1. The summed E-state index contributed by atoms with van der Waals surface area (Å²) in [6.07, 6.45) is 2.91. The largest absolute Gasteiger partial charge is 0.477 e. The van der Waals surface area contributed by atoms with Crippen molar-refractivity contribution in [3.63, 3.8) is 0 Å². The number of β-lactam (4-membered cyclic amide) rings is 1. The third kappa shape index (κ3) is 4.04. The van der Waals surface area contributed by atoms with Crippen LogP contribution in [0.25, 0.3) is 6.08 Å². The van der Waals surface area contributed by atoms with Crippen LogP contribution in [-0.4, -0.2) is 66.0 Å². The number of aromatic nitrogens is 2. The lowest BCUT2D eigenvalue weighted by Gasteiger charge is -2.49. The van der Waals surface area contributed by atoms with Gasteiger partial charge < -0.3 is 25.9 Å². The van der Waals surface area contributed by atoms with Crippen LogP contribution >= 0.6 is 23.1 Å². The number of carboxylic acids is 1. The van der Waals surface area contributed by atoms with Crippen molar-refractivity contribution in [2.24, 2.45) is 5.16 Å². The number of nitrogens with zero attached hydrogens (tertiary/aromatic N) is 5. The molecule has 168 valence electrons. The fourth-order valence-corrected chi connectivity index (χ4v) is 5.06. The number of aliphatic carboxylic acids is 1. The first-order valence-corrected chi connectivity index (χ1v) is 11.0. The molecule has 5 N–H and O–H groups in total. The first-order chi connectivity index (χ1) is 15.8. The van der Waals surface area contributed by atoms with Crippen LogP contribution in [0.3, 0.4) is 0 Å². The molecule has 33 heavy (non-hydrogen) atoms. The van der Waals surface area contributed by atoms with Crippen LogP contribution in [0.15, 0.2) is 38.5 Å². The standard InChI is InChI=1S/C18H13N7O6S2/c19-4-8-3-9(31-24-8)2-1-7-5-32-16-12(15(27)25(16)13(7)17(28)29)22-14(26)11(23-30)10-6-33-18(20)21-10/h1-3,6,12,16,30H,5H2,(H2,20,21)(H,22,26)(H,28,29)/b2-1-,23-11-/t12-,16-/m1/s1. The van der Waals surface area contributed by atoms with Gasteiger partial charge in [-0.3, -0.25) is 14.5 Å². The van der Waals surface area contributed by atoms with Crippen LogP contribution in [0.1, 0.15) is 17.1 Å². The van der Waals surface area contributed by atoms with Crippen LogP contribution in [0.4, 0.5) is 5.13 Å². The van der Waals surface area contributed by atoms with Gasteiger partial charge in [0.05, 0.1) is 0 Å². The van der Waals surface area contributed by atoms with Crippen LogP contribution in [0.2, 0.25) is 0 Å². The van der Waals surface area contributed by atoms with E-state index in [9.17, 15) is 24.7 Å². The number of nitrogen functional groups attached to an aromatic ring is 1. The molecule has 0 aromatic carbocycles. The molecular weight excluding hydrogens is 474 g/mol. The van der Waals surface area contributed by atoms with E-state index in [4.69, 9.17) is 15.5 Å². The Hall–Kier alpha value is -4.16. The van der Waals surface area contributed by atoms with Crippen molar-refractivity contribution in [1.82, 2.24) is 20.4 Å². The highest BCUT2D eigenvalue weighted by molar-refractivity contribution is 8.00. The number of rotatable bonds is 6. The van der Waals surface area contributed by atoms with Crippen LogP contribution in [0.5, 0.6) is 0 Å². The third-order valence-electron chi connectivity index (χ3n) is 4.66. The molecule has 15 heteroatoms. The van der Waals surface area contributed by atoms with Gasteiger partial charge in [-0.05, 0) is 11.6 Å². The average Bonchev–Trinajstić information content (AvgIpc) is 3.44. The van der Waals surface area contributed by atoms with Gasteiger partial charge in [-0.2, -0.15) is 5.26 Å². The lowest BCUT2D eigenvalue weighted by atomic mass is 10.0. The molecule has 0 radical (unpaired) electrons. The maximum absolute atomic E-state index is 12.7. The maximum Gasteiger partial charge on any atom is 0.352 e. The minimum Gasteiger partial charge on any atom is -0.477 e. The predicted molar refractivity (Wildman–Crippen MR) is 115 cm³/mol. The molecule has 2 amide bonds. The van der Waals surface area contributed by atoms with Crippen LogP contribution in [0, 0.1) is 11.3 Å². The molecule has 2 aliphatic heterocycles. The van der Waals surface area contributed by atoms with E-state index >= 15 is 0 Å². The smallest absolute Gasteiger partial charge is 0.352 e. The maximum atomic E-state index is 12.7. The van der Waals surface area contributed by atoms with Crippen molar-refractivity contribution >= 4 is 57.8 Å². The molecule has 2 aromatic heterocycles. The highest BCUT2D eigenvalue weighted by atomic mass is 32.2. The molecule has 1 saturated heterocycles. The summed E-state index contributed by atoms with van der Waals surface area (Å²) in [6.45, 7) is 0. The first kappa shape index (κ1) is 22.0. The molecule has 2 aromatic rings. The zero-order valence-electron chi connectivity index (χ0n) is 16.3. The van der Waals surface area contributed by atoms with E-state index in [2.05, 4.69) is 20.6 Å². The minimum absolute atomic E-state index is 0.0444. The Labute approximate surface area is 192 Å². The fourth-order valence-electron chi connectivity index (χ4n) is 3.19. The molecule has 4 rings (SSSR count). The molecule has 4 heterocycles. The topological polar surface area (TPSA) is 208 Å². The van der Waals surface area contributed by atoms with Gasteiger partial charge in [-0.15, -0.1) is 23.1 Å². The number of fused-ring (bicyclic) bond motifs is 1. The van der Waals surface area contributed by atoms with Crippen molar-refractivity contribution < 1.29 is 29.2 Å². The Bertz CT molecular complexity index is 1290. The summed E-state index contributed by atoms with van der Waals surface area (Å²) < 4.78 is 4.95. The number of anilines is 1. The molecule has 1 fully saturated rings. The van der Waals surface area contributed by atoms with Gasteiger partial charge in [-0.25, -0.2) is 9.78 Å². The Morgan fingerprint density at radius 1 is 1.45 bits per heavy atom. The zero-order chi connectivity index (χ0) is 23.7. The monoisotopic (exact) mass is 487 g/mol. The van der Waals surface area contributed by atoms with Gasteiger partial charge in [0.15, 0.2) is 22.3 Å². The number of hydrogen-bond acceptors (Lipinski definition) is 12. The van der Waals surface area contributed by atoms with Gasteiger partial charge in [0, 0.05) is 17.2 Å². The van der Waals surface area contributed by atoms with Crippen molar-refractivity contribution in [3.8, 4) is 6.07 Å². The summed E-state index contributed by atoms with van der Waals surface area (Å²) in [6, 6.07) is 2.17. The van der Waals surface area contributed by atoms with Crippen LogP contribution < -0.4 is 11.1 Å². The number of carbonyl (C=O) groups excluding carboxylic acids is 2. The number of amides is 2. The van der Waals surface area contributed by atoms with Gasteiger partial charge in [0.25, 0.3) is 11.8 Å². The van der Waals surface area contributed by atoms with E-state index in [1.807, 2.05) is 6.07 Å². The zero-order valence-corrected chi connectivity index (χ0v) is 18.0. The number of nitrogens with two attached hydrogens (primary N) is 1. The lowest BCUT2D eigenvalue weighted by molar-refractivity contribution is -0.150. The fraction of sp³-hybridized carbons (Fsp3) is 0.167. The molecule has 0 aliphatic carbocycles. The predicted octanol–water partition coefficient (Wildman–Crippen LogP) is 0.215. The average molecular weight is 487 g/mol. The number of nitriles is 1. The second kappa shape index (κ2) is 8.76. The quantitative estimate of drug-likeness (QED) is 0.187. The number of oxime groups is 1. The van der Waals surface area contributed by atoms with E-state index in [-0.39, 0.29) is 33.7 Å². The molecule has 2 atom stereocenters. The number of thioether (sulfide) groups is 1. The normalized spacial score (nSPS) is 20.4. The highest BCUT2D eigenvalue weighted by Crippen LogP contribution is 2.40. The van der Waals surface area contributed by atoms with Gasteiger partial charge in [-0.1, -0.05) is 16.4 Å². The molecule has 0 bridgehead atoms. The summed E-state index contributed by atoms with van der Waals surface area (Å²) >= 11 is 2.29. The summed E-state index contributed by atoms with van der Waals surface area (Å²) in [5.74, 6) is -2.34. The number of hydrogen-bond donors (Lipinski definition) is 4. The van der Waals surface area contributed by atoms with E-state index in [1.54, 1.807) is 0 Å². The van der Waals surface area contributed by atoms with Gasteiger partial charge in [0.1, 0.15) is 28.9 Å². The van der Waals surface area contributed by atoms with Crippen molar-refractivity contribution in [2.45, 2.75) is 11.4 Å². The number of thiazole rings is 1. The van der Waals surface area contributed by atoms with Crippen molar-refractivity contribution in [2.75, 3.05) is 11.5 Å². The number of carbonyl (C=O) groups is 3. The Morgan fingerprint density at radius 2 is 2.24 bits per heavy atom. The Morgan fingerprint density at radius 3 is 2.85 bits per heavy atom. The van der Waals surface area contributed by atoms with E-state index < -0.39 is 34.9 Å². The summed E-state index contributed by atoms with van der Waals surface area (Å²) in [5, 5.41) is 37.5. The Kier molecular flexibility index (Phi) is 5.85. The Balaban J connectivity index is 1.52. The second-order valence-electron chi connectivity index (χ2n) is 6.62. The summed E-state index contributed by atoms with van der Waals surface area (Å²) in [5.41, 5.74) is 5.34. The van der Waals surface area contributed by atoms with Crippen LogP contribution in [-0.2, 0) is 14.4 Å². The molecule has 0 spiro atoms. The number of allylic oxidation sites excluding steroid dienone is 1. The summed E-state index contributed by atoms with van der Waals surface area (Å²) in [7, 11) is 0. The van der Waals surface area contributed by atoms with Crippen molar-refractivity contribution in [3.05, 3.63) is 45.9 Å². The highest BCUT2D eigenvalue weighted by Gasteiger charge is 2.54. The minimum atomic E-state index is -1.32. The van der Waals surface area contributed by atoms with Gasteiger partial charge >= 0.3 is 5.97 Å². The molecule has 0 saturated carbocycles. The van der Waals surface area contributed by atoms with E-state index in [0.717, 1.165) is 16.2 Å².